The molecule has 1 aromatic carbocycles. The van der Waals surface area contributed by atoms with Crippen molar-refractivity contribution in [1.29, 1.82) is 0 Å². The Morgan fingerprint density at radius 2 is 1.91 bits per heavy atom. The zero-order valence-corrected chi connectivity index (χ0v) is 15.5. The molecule has 0 spiro atoms. The molecule has 0 radical (unpaired) electrons. The fourth-order valence-corrected chi connectivity index (χ4v) is 2.69. The lowest BCUT2D eigenvalue weighted by Crippen LogP contribution is -2.55. The normalized spacial score (nSPS) is 22.8. The monoisotopic (exact) mass is 340 g/mol. The number of hydrogen-bond acceptors (Lipinski definition) is 3. The van der Waals surface area contributed by atoms with E-state index in [2.05, 4.69) is 55.7 Å². The van der Waals surface area contributed by atoms with Crippen LogP contribution in [0.15, 0.2) is 24.3 Å². The SMILES string of the molecule is CC(NC(=O)[C@H]1NCCO[C@@H]1C)c1ccc(C(C)(C)C)cc1.Cl. The summed E-state index contributed by atoms with van der Waals surface area (Å²) in [7, 11) is 0. The molecule has 1 amide bonds. The van der Waals surface area contributed by atoms with Crippen molar-refractivity contribution in [2.75, 3.05) is 13.2 Å². The van der Waals surface area contributed by atoms with Crippen LogP contribution in [0.3, 0.4) is 0 Å². The Labute approximate surface area is 145 Å². The minimum atomic E-state index is -0.273. The lowest BCUT2D eigenvalue weighted by molar-refractivity contribution is -0.129. The highest BCUT2D eigenvalue weighted by Gasteiger charge is 2.29. The summed E-state index contributed by atoms with van der Waals surface area (Å²) in [5.74, 6) is -0.000372. The van der Waals surface area contributed by atoms with Crippen LogP contribution in [0.25, 0.3) is 0 Å². The van der Waals surface area contributed by atoms with Crippen LogP contribution < -0.4 is 10.6 Å². The number of carbonyl (C=O) groups is 1. The second-order valence-corrected chi connectivity index (χ2v) is 7.11. The fraction of sp³-hybridized carbons (Fsp3) is 0.611. The van der Waals surface area contributed by atoms with Crippen molar-refractivity contribution < 1.29 is 9.53 Å². The zero-order valence-electron chi connectivity index (χ0n) is 14.7. The lowest BCUT2D eigenvalue weighted by Gasteiger charge is -2.30. The molecule has 4 nitrogen and oxygen atoms in total. The van der Waals surface area contributed by atoms with Crippen molar-refractivity contribution in [3.63, 3.8) is 0 Å². The fourth-order valence-electron chi connectivity index (χ4n) is 2.69. The summed E-state index contributed by atoms with van der Waals surface area (Å²) >= 11 is 0. The van der Waals surface area contributed by atoms with Gasteiger partial charge in [-0.25, -0.2) is 0 Å². The molecular formula is C18H29ClN2O2. The molecule has 3 atom stereocenters. The topological polar surface area (TPSA) is 50.4 Å². The van der Waals surface area contributed by atoms with Gasteiger partial charge < -0.3 is 15.4 Å². The third-order valence-corrected chi connectivity index (χ3v) is 4.23. The number of nitrogens with one attached hydrogen (secondary N) is 2. The van der Waals surface area contributed by atoms with Crippen LogP contribution in [0.4, 0.5) is 0 Å². The summed E-state index contributed by atoms with van der Waals surface area (Å²) in [6, 6.07) is 8.19. The van der Waals surface area contributed by atoms with Gasteiger partial charge in [-0.1, -0.05) is 45.0 Å². The van der Waals surface area contributed by atoms with Crippen LogP contribution in [-0.2, 0) is 14.9 Å². The quantitative estimate of drug-likeness (QED) is 0.889. The number of rotatable bonds is 3. The minimum Gasteiger partial charge on any atom is -0.375 e. The predicted molar refractivity (Wildman–Crippen MR) is 96.2 cm³/mol. The average molecular weight is 341 g/mol. The molecule has 130 valence electrons. The zero-order chi connectivity index (χ0) is 16.3. The largest absolute Gasteiger partial charge is 0.375 e. The van der Waals surface area contributed by atoms with Gasteiger partial charge in [0.1, 0.15) is 6.04 Å². The Kier molecular flexibility index (Phi) is 7.05. The van der Waals surface area contributed by atoms with Crippen molar-refractivity contribution >= 4 is 18.3 Å². The van der Waals surface area contributed by atoms with E-state index < -0.39 is 0 Å². The molecule has 0 bridgehead atoms. The lowest BCUT2D eigenvalue weighted by atomic mass is 9.86. The molecule has 1 saturated heterocycles. The Balaban J connectivity index is 0.00000264. The summed E-state index contributed by atoms with van der Waals surface area (Å²) in [5, 5.41) is 6.29. The van der Waals surface area contributed by atoms with Crippen LogP contribution in [0.2, 0.25) is 0 Å². The first-order valence-electron chi connectivity index (χ1n) is 8.05. The molecule has 5 heteroatoms. The highest BCUT2D eigenvalue weighted by Crippen LogP contribution is 2.24. The number of amides is 1. The molecule has 1 unspecified atom stereocenters. The molecule has 1 aromatic rings. The minimum absolute atomic E-state index is 0. The molecular weight excluding hydrogens is 312 g/mol. The van der Waals surface area contributed by atoms with E-state index in [9.17, 15) is 4.79 Å². The van der Waals surface area contributed by atoms with Crippen molar-refractivity contribution in [1.82, 2.24) is 10.6 Å². The number of hydrogen-bond donors (Lipinski definition) is 2. The van der Waals surface area contributed by atoms with E-state index in [0.717, 1.165) is 12.1 Å². The van der Waals surface area contributed by atoms with Crippen molar-refractivity contribution in [2.45, 2.75) is 58.2 Å². The van der Waals surface area contributed by atoms with Crippen LogP contribution in [-0.4, -0.2) is 31.2 Å². The Morgan fingerprint density at radius 3 is 2.43 bits per heavy atom. The number of carbonyl (C=O) groups excluding carboxylic acids is 1. The van der Waals surface area contributed by atoms with E-state index in [-0.39, 0.29) is 41.9 Å². The van der Waals surface area contributed by atoms with Gasteiger partial charge >= 0.3 is 0 Å². The van der Waals surface area contributed by atoms with Crippen LogP contribution in [0, 0.1) is 0 Å². The third-order valence-electron chi connectivity index (χ3n) is 4.23. The molecule has 1 fully saturated rings. The van der Waals surface area contributed by atoms with Gasteiger partial charge in [-0.3, -0.25) is 4.79 Å². The summed E-state index contributed by atoms with van der Waals surface area (Å²) in [6.45, 7) is 11.9. The average Bonchev–Trinajstić information content (AvgIpc) is 2.46. The maximum absolute atomic E-state index is 12.4. The maximum Gasteiger partial charge on any atom is 0.240 e. The van der Waals surface area contributed by atoms with E-state index in [4.69, 9.17) is 4.74 Å². The first-order valence-corrected chi connectivity index (χ1v) is 8.05. The Hall–Kier alpha value is -1.10. The van der Waals surface area contributed by atoms with Crippen molar-refractivity contribution in [2.24, 2.45) is 0 Å². The first kappa shape index (κ1) is 19.9. The molecule has 23 heavy (non-hydrogen) atoms. The van der Waals surface area contributed by atoms with Crippen LogP contribution in [0.1, 0.15) is 51.8 Å². The van der Waals surface area contributed by atoms with E-state index in [1.54, 1.807) is 0 Å². The molecule has 2 rings (SSSR count). The van der Waals surface area contributed by atoms with Crippen molar-refractivity contribution in [3.8, 4) is 0 Å². The Morgan fingerprint density at radius 1 is 1.30 bits per heavy atom. The van der Waals surface area contributed by atoms with E-state index >= 15 is 0 Å². The molecule has 2 N–H and O–H groups in total. The third kappa shape index (κ3) is 5.20. The molecule has 1 aliphatic heterocycles. The molecule has 1 aliphatic rings. The van der Waals surface area contributed by atoms with E-state index in [0.29, 0.717) is 6.61 Å². The smallest absolute Gasteiger partial charge is 0.240 e. The summed E-state index contributed by atoms with van der Waals surface area (Å²) < 4.78 is 5.53. The second kappa shape index (κ2) is 8.13. The second-order valence-electron chi connectivity index (χ2n) is 7.11. The Bertz CT molecular complexity index is 511. The van der Waals surface area contributed by atoms with Gasteiger partial charge in [0.2, 0.25) is 5.91 Å². The maximum atomic E-state index is 12.4. The predicted octanol–water partition coefficient (Wildman–Crippen LogP) is 2.96. The highest BCUT2D eigenvalue weighted by molar-refractivity contribution is 5.85. The number of benzene rings is 1. The van der Waals surface area contributed by atoms with Gasteiger partial charge in [0.15, 0.2) is 0 Å². The van der Waals surface area contributed by atoms with Crippen molar-refractivity contribution in [3.05, 3.63) is 35.4 Å². The molecule has 1 heterocycles. The summed E-state index contributed by atoms with van der Waals surface area (Å²) in [5.41, 5.74) is 2.56. The van der Waals surface area contributed by atoms with Gasteiger partial charge in [0.05, 0.1) is 18.8 Å². The number of ether oxygens (including phenoxy) is 1. The van der Waals surface area contributed by atoms with Crippen LogP contribution >= 0.6 is 12.4 Å². The molecule has 0 aliphatic carbocycles. The highest BCUT2D eigenvalue weighted by atomic mass is 35.5. The van der Waals surface area contributed by atoms with Crippen LogP contribution in [0.5, 0.6) is 0 Å². The van der Waals surface area contributed by atoms with Gasteiger partial charge in [-0.15, -0.1) is 12.4 Å². The van der Waals surface area contributed by atoms with Gasteiger partial charge in [0.25, 0.3) is 0 Å². The number of halogens is 1. The van der Waals surface area contributed by atoms with E-state index in [1.807, 2.05) is 13.8 Å². The summed E-state index contributed by atoms with van der Waals surface area (Å²) in [4.78, 5) is 12.4. The number of morpholine rings is 1. The van der Waals surface area contributed by atoms with Gasteiger partial charge in [0, 0.05) is 6.54 Å². The summed E-state index contributed by atoms with van der Waals surface area (Å²) in [6.07, 6.45) is -0.0933. The van der Waals surface area contributed by atoms with Gasteiger partial charge in [-0.05, 0) is 30.4 Å². The molecule has 0 aromatic heterocycles. The standard InChI is InChI=1S/C18H28N2O2.ClH/c1-12(14-6-8-15(9-7-14)18(3,4)5)20-17(21)16-13(2)22-11-10-19-16;/h6-9,12-13,16,19H,10-11H2,1-5H3,(H,20,21);1H/t12?,13-,16+;/m1./s1. The van der Waals surface area contributed by atoms with Gasteiger partial charge in [-0.2, -0.15) is 0 Å². The molecule has 0 saturated carbocycles. The van der Waals surface area contributed by atoms with E-state index in [1.165, 1.54) is 5.56 Å². The first-order chi connectivity index (χ1) is 10.3.